The summed E-state index contributed by atoms with van der Waals surface area (Å²) in [6.45, 7) is 1.84. The van der Waals surface area contributed by atoms with Crippen molar-refractivity contribution in [3.05, 3.63) is 130 Å². The summed E-state index contributed by atoms with van der Waals surface area (Å²) in [5.41, 5.74) is 9.64. The first-order chi connectivity index (χ1) is 19.5. The zero-order chi connectivity index (χ0) is 27.6. The molecule has 1 unspecified atom stereocenters. The Labute approximate surface area is 229 Å². The highest BCUT2D eigenvalue weighted by molar-refractivity contribution is 6.03. The van der Waals surface area contributed by atoms with Gasteiger partial charge in [-0.25, -0.2) is 5.10 Å². The number of anilines is 1. The van der Waals surface area contributed by atoms with Crippen molar-refractivity contribution in [3.8, 4) is 5.69 Å². The molecule has 0 aliphatic carbocycles. The van der Waals surface area contributed by atoms with E-state index in [0.717, 1.165) is 16.5 Å². The molecule has 0 aliphatic rings. The number of benzene rings is 2. The molecule has 4 aromatic heterocycles. The van der Waals surface area contributed by atoms with Crippen LogP contribution in [-0.4, -0.2) is 25.5 Å². The van der Waals surface area contributed by atoms with Gasteiger partial charge in [-0.2, -0.15) is 0 Å². The molecule has 6 aromatic rings. The Morgan fingerprint density at radius 3 is 2.70 bits per heavy atom. The topological polar surface area (TPSA) is 123 Å². The van der Waals surface area contributed by atoms with Crippen LogP contribution in [0.3, 0.4) is 0 Å². The van der Waals surface area contributed by atoms with E-state index in [1.54, 1.807) is 39.9 Å². The SMILES string of the molecule is CC(NC(=O)c1c(N)[nH][n+]2cccnc12)c1cc2cccc(C=Cc3cccnc3)c2c(=O)n1-c1ccccc1. The highest BCUT2D eigenvalue weighted by Crippen LogP contribution is 2.25. The maximum Gasteiger partial charge on any atom is 0.362 e. The van der Waals surface area contributed by atoms with Crippen molar-refractivity contribution in [2.45, 2.75) is 13.0 Å². The molecule has 40 heavy (non-hydrogen) atoms. The van der Waals surface area contributed by atoms with Crippen molar-refractivity contribution in [1.82, 2.24) is 25.0 Å². The zero-order valence-electron chi connectivity index (χ0n) is 21.7. The summed E-state index contributed by atoms with van der Waals surface area (Å²) in [5, 5.41) is 7.30. The number of carbonyl (C=O) groups excluding carboxylic acids is 1. The second-order valence-electron chi connectivity index (χ2n) is 9.39. The number of amides is 1. The van der Waals surface area contributed by atoms with Crippen molar-refractivity contribution in [2.24, 2.45) is 0 Å². The van der Waals surface area contributed by atoms with Crippen LogP contribution in [0.25, 0.3) is 34.3 Å². The first-order valence-corrected chi connectivity index (χ1v) is 12.8. The van der Waals surface area contributed by atoms with Crippen molar-refractivity contribution in [2.75, 3.05) is 5.73 Å². The van der Waals surface area contributed by atoms with Gasteiger partial charge < -0.3 is 11.1 Å². The van der Waals surface area contributed by atoms with Gasteiger partial charge in [0.15, 0.2) is 11.4 Å². The smallest absolute Gasteiger partial charge is 0.362 e. The summed E-state index contributed by atoms with van der Waals surface area (Å²) in [5.74, 6) is -0.199. The van der Waals surface area contributed by atoms with Crippen LogP contribution in [-0.2, 0) is 0 Å². The van der Waals surface area contributed by atoms with E-state index in [0.29, 0.717) is 22.4 Å². The van der Waals surface area contributed by atoms with Gasteiger partial charge in [-0.1, -0.05) is 54.6 Å². The summed E-state index contributed by atoms with van der Waals surface area (Å²) in [6, 6.07) is 22.1. The van der Waals surface area contributed by atoms with E-state index in [1.165, 1.54) is 0 Å². The molecule has 1 atom stereocenters. The largest absolute Gasteiger partial charge is 0.382 e. The lowest BCUT2D eigenvalue weighted by Gasteiger charge is -2.21. The van der Waals surface area contributed by atoms with Crippen LogP contribution in [0.1, 0.15) is 40.1 Å². The van der Waals surface area contributed by atoms with E-state index in [1.807, 2.05) is 85.8 Å². The minimum Gasteiger partial charge on any atom is -0.382 e. The quantitative estimate of drug-likeness (QED) is 0.281. The van der Waals surface area contributed by atoms with Gasteiger partial charge in [0.25, 0.3) is 11.5 Å². The van der Waals surface area contributed by atoms with Crippen molar-refractivity contribution >= 4 is 40.3 Å². The van der Waals surface area contributed by atoms with Crippen LogP contribution in [0.5, 0.6) is 0 Å². The van der Waals surface area contributed by atoms with Crippen LogP contribution in [0, 0.1) is 0 Å². The second-order valence-corrected chi connectivity index (χ2v) is 9.39. The van der Waals surface area contributed by atoms with E-state index in [2.05, 4.69) is 20.4 Å². The Morgan fingerprint density at radius 2 is 1.90 bits per heavy atom. The van der Waals surface area contributed by atoms with Gasteiger partial charge in [-0.05, 0) is 52.7 Å². The molecule has 1 amide bonds. The normalized spacial score (nSPS) is 12.2. The van der Waals surface area contributed by atoms with Crippen LogP contribution in [0.4, 0.5) is 5.82 Å². The van der Waals surface area contributed by atoms with Crippen LogP contribution >= 0.6 is 0 Å². The van der Waals surface area contributed by atoms with Crippen molar-refractivity contribution < 1.29 is 9.31 Å². The molecule has 0 saturated heterocycles. The number of carbonyl (C=O) groups is 1. The molecular formula is C31H26N7O2+. The van der Waals surface area contributed by atoms with E-state index >= 15 is 0 Å². The number of nitrogen functional groups attached to an aromatic ring is 1. The van der Waals surface area contributed by atoms with Gasteiger partial charge in [0.05, 0.1) is 11.4 Å². The number of hydrogen-bond donors (Lipinski definition) is 3. The second kappa shape index (κ2) is 10.3. The minimum atomic E-state index is -0.544. The summed E-state index contributed by atoms with van der Waals surface area (Å²) in [6.07, 6.45) is 10.7. The van der Waals surface area contributed by atoms with Crippen LogP contribution in [0.2, 0.25) is 0 Å². The third kappa shape index (κ3) is 4.49. The van der Waals surface area contributed by atoms with Gasteiger partial charge in [0.1, 0.15) is 12.4 Å². The number of aromatic amines is 1. The molecule has 9 heteroatoms. The molecule has 0 bridgehead atoms. The number of nitrogens with zero attached hydrogens (tertiary/aromatic N) is 4. The number of nitrogens with two attached hydrogens (primary N) is 1. The van der Waals surface area contributed by atoms with Gasteiger partial charge in [-0.3, -0.25) is 19.1 Å². The molecule has 4 N–H and O–H groups in total. The standard InChI is InChI=1S/C31H25N7O2/c1-20(35-30(39)27-28(32)36-37-17-7-16-34-29(27)37)25-18-23-10-5-9-22(14-13-21-8-6-15-33-19-21)26(23)31(40)38(25)24-11-3-2-4-12-24/h2-20H,1H3,(H3,32,35,36,39)/p+1. The molecule has 2 aromatic carbocycles. The van der Waals surface area contributed by atoms with Crippen molar-refractivity contribution in [1.29, 1.82) is 0 Å². The molecule has 0 fully saturated rings. The minimum absolute atomic E-state index is 0.185. The average molecular weight is 529 g/mol. The summed E-state index contributed by atoms with van der Waals surface area (Å²) in [7, 11) is 0. The van der Waals surface area contributed by atoms with Crippen molar-refractivity contribution in [3.63, 3.8) is 0 Å². The number of nitrogens with one attached hydrogen (secondary N) is 2. The first-order valence-electron chi connectivity index (χ1n) is 12.8. The van der Waals surface area contributed by atoms with E-state index in [4.69, 9.17) is 5.73 Å². The van der Waals surface area contributed by atoms with E-state index in [-0.39, 0.29) is 16.9 Å². The molecule has 0 aliphatic heterocycles. The Hall–Kier alpha value is -5.57. The summed E-state index contributed by atoms with van der Waals surface area (Å²) < 4.78 is 3.24. The van der Waals surface area contributed by atoms with Crippen LogP contribution < -0.4 is 21.1 Å². The van der Waals surface area contributed by atoms with E-state index < -0.39 is 11.9 Å². The van der Waals surface area contributed by atoms with Gasteiger partial charge in [0, 0.05) is 29.8 Å². The molecule has 4 heterocycles. The highest BCUT2D eigenvalue weighted by Gasteiger charge is 2.27. The lowest BCUT2D eigenvalue weighted by Crippen LogP contribution is -2.33. The number of pyridine rings is 2. The van der Waals surface area contributed by atoms with E-state index in [9.17, 15) is 9.59 Å². The third-order valence-corrected chi connectivity index (χ3v) is 6.76. The average Bonchev–Trinajstić information content (AvgIpc) is 3.32. The first kappa shape index (κ1) is 24.7. The maximum atomic E-state index is 14.2. The number of para-hydroxylation sites is 1. The van der Waals surface area contributed by atoms with Gasteiger partial charge in [-0.15, -0.1) is 4.52 Å². The number of hydrogen-bond acceptors (Lipinski definition) is 5. The zero-order valence-corrected chi connectivity index (χ0v) is 21.7. The maximum absolute atomic E-state index is 14.2. The predicted octanol–water partition coefficient (Wildman–Crippen LogP) is 4.09. The monoisotopic (exact) mass is 528 g/mol. The third-order valence-electron chi connectivity index (χ3n) is 6.76. The number of rotatable bonds is 6. The van der Waals surface area contributed by atoms with Gasteiger partial charge in [0.2, 0.25) is 0 Å². The Balaban J connectivity index is 1.47. The van der Waals surface area contributed by atoms with Gasteiger partial charge >= 0.3 is 5.65 Å². The molecule has 9 nitrogen and oxygen atoms in total. The molecule has 0 saturated carbocycles. The summed E-state index contributed by atoms with van der Waals surface area (Å²) >= 11 is 0. The Bertz CT molecular complexity index is 1940. The Kier molecular flexibility index (Phi) is 6.37. The van der Waals surface area contributed by atoms with Crippen LogP contribution in [0.15, 0.2) is 102 Å². The lowest BCUT2D eigenvalue weighted by atomic mass is 10.0. The Morgan fingerprint density at radius 1 is 1.05 bits per heavy atom. The summed E-state index contributed by atoms with van der Waals surface area (Å²) in [4.78, 5) is 36.1. The number of H-pyrrole nitrogens is 1. The number of aromatic nitrogens is 5. The highest BCUT2D eigenvalue weighted by atomic mass is 16.2. The number of fused-ring (bicyclic) bond motifs is 2. The predicted molar refractivity (Wildman–Crippen MR) is 155 cm³/mol. The fraction of sp³-hybridized carbons (Fsp3) is 0.0645. The lowest BCUT2D eigenvalue weighted by molar-refractivity contribution is -0.577. The molecular weight excluding hydrogens is 502 g/mol. The fourth-order valence-corrected chi connectivity index (χ4v) is 4.89. The molecule has 6 rings (SSSR count). The molecule has 196 valence electrons. The molecule has 0 radical (unpaired) electrons. The fourth-order valence-electron chi connectivity index (χ4n) is 4.89. The molecule has 0 spiro atoms.